The lowest BCUT2D eigenvalue weighted by atomic mass is 10.1. The van der Waals surface area contributed by atoms with E-state index in [2.05, 4.69) is 10.4 Å². The molecule has 2 aromatic heterocycles. The van der Waals surface area contributed by atoms with Gasteiger partial charge in [0.2, 0.25) is 0 Å². The second-order valence-electron chi connectivity index (χ2n) is 5.02. The molecular weight excluding hydrogens is 312 g/mol. The lowest BCUT2D eigenvalue weighted by Crippen LogP contribution is -2.16. The fourth-order valence-corrected chi connectivity index (χ4v) is 2.22. The van der Waals surface area contributed by atoms with Crippen LogP contribution in [0.3, 0.4) is 0 Å². The first-order valence-corrected chi connectivity index (χ1v) is 7.25. The molecule has 0 saturated heterocycles. The van der Waals surface area contributed by atoms with Gasteiger partial charge in [-0.25, -0.2) is 4.68 Å². The maximum absolute atomic E-state index is 12.1. The monoisotopic (exact) mass is 326 g/mol. The quantitative estimate of drug-likeness (QED) is 0.554. The van der Waals surface area contributed by atoms with Crippen LogP contribution in [-0.4, -0.2) is 20.6 Å². The Balaban J connectivity index is 1.66. The predicted octanol–water partition coefficient (Wildman–Crippen LogP) is 2.88. The Kier molecular flexibility index (Phi) is 4.37. The number of carbonyl (C=O) groups excluding carboxylic acids is 1. The lowest BCUT2D eigenvalue weighted by Gasteiger charge is -2.08. The summed E-state index contributed by atoms with van der Waals surface area (Å²) in [5.41, 5.74) is 1.16. The second kappa shape index (κ2) is 6.78. The minimum absolute atomic E-state index is 0.127. The van der Waals surface area contributed by atoms with Gasteiger partial charge in [-0.3, -0.25) is 14.9 Å². The molecule has 3 rings (SSSR count). The van der Waals surface area contributed by atoms with E-state index < -0.39 is 16.7 Å². The maximum Gasteiger partial charge on any atom is 0.433 e. The number of rotatable bonds is 6. The largest absolute Gasteiger partial charge is 0.433 e. The van der Waals surface area contributed by atoms with Gasteiger partial charge in [-0.15, -0.1) is 0 Å². The molecular formula is C16H14N4O4. The van der Waals surface area contributed by atoms with Crippen molar-refractivity contribution < 1.29 is 14.1 Å². The maximum atomic E-state index is 12.1. The number of nitro groups is 1. The Hall–Kier alpha value is -3.42. The number of anilines is 1. The summed E-state index contributed by atoms with van der Waals surface area (Å²) in [6.45, 7) is 0.588. The minimum atomic E-state index is -0.694. The fourth-order valence-electron chi connectivity index (χ4n) is 2.22. The third kappa shape index (κ3) is 3.49. The molecule has 8 nitrogen and oxygen atoms in total. The summed E-state index contributed by atoms with van der Waals surface area (Å²) in [7, 11) is 0. The molecule has 0 spiro atoms. The van der Waals surface area contributed by atoms with Gasteiger partial charge in [0.15, 0.2) is 5.76 Å². The van der Waals surface area contributed by atoms with E-state index in [0.29, 0.717) is 12.4 Å². The molecule has 0 bridgehead atoms. The summed E-state index contributed by atoms with van der Waals surface area (Å²) >= 11 is 0. The highest BCUT2D eigenvalue weighted by atomic mass is 16.6. The van der Waals surface area contributed by atoms with Gasteiger partial charge in [-0.05, 0) is 18.1 Å². The number of nitrogens with zero attached hydrogens (tertiary/aromatic N) is 3. The van der Waals surface area contributed by atoms with Crippen molar-refractivity contribution in [2.45, 2.75) is 13.0 Å². The number of benzene rings is 1. The molecule has 2 heterocycles. The highest BCUT2D eigenvalue weighted by Crippen LogP contribution is 2.17. The summed E-state index contributed by atoms with van der Waals surface area (Å²) in [5, 5.41) is 17.4. The summed E-state index contributed by atoms with van der Waals surface area (Å²) in [6.07, 6.45) is 2.34. The van der Waals surface area contributed by atoms with Gasteiger partial charge in [0.1, 0.15) is 10.7 Å². The van der Waals surface area contributed by atoms with Crippen LogP contribution in [0.4, 0.5) is 11.7 Å². The van der Waals surface area contributed by atoms with E-state index in [4.69, 9.17) is 4.42 Å². The predicted molar refractivity (Wildman–Crippen MR) is 85.7 cm³/mol. The van der Waals surface area contributed by atoms with Crippen LogP contribution in [0, 0.1) is 10.1 Å². The first kappa shape index (κ1) is 15.5. The highest BCUT2D eigenvalue weighted by molar-refractivity contribution is 6.01. The highest BCUT2D eigenvalue weighted by Gasteiger charge is 2.18. The zero-order valence-electron chi connectivity index (χ0n) is 12.6. The molecule has 0 fully saturated rings. The molecule has 1 aromatic carbocycles. The van der Waals surface area contributed by atoms with E-state index >= 15 is 0 Å². The van der Waals surface area contributed by atoms with E-state index in [0.717, 1.165) is 18.1 Å². The molecule has 122 valence electrons. The smallest absolute Gasteiger partial charge is 0.395 e. The van der Waals surface area contributed by atoms with Crippen molar-refractivity contribution >= 4 is 17.6 Å². The van der Waals surface area contributed by atoms with Crippen LogP contribution < -0.4 is 5.32 Å². The number of aromatic nitrogens is 2. The Morgan fingerprint density at radius 3 is 2.71 bits per heavy atom. The van der Waals surface area contributed by atoms with Crippen LogP contribution in [0.15, 0.2) is 59.1 Å². The van der Waals surface area contributed by atoms with Crippen molar-refractivity contribution in [3.8, 4) is 0 Å². The number of amides is 1. The van der Waals surface area contributed by atoms with Gasteiger partial charge >= 0.3 is 5.88 Å². The van der Waals surface area contributed by atoms with Gasteiger partial charge in [0.05, 0.1) is 12.3 Å². The molecule has 0 aliphatic carbocycles. The Morgan fingerprint density at radius 2 is 2.00 bits per heavy atom. The van der Waals surface area contributed by atoms with E-state index in [1.54, 1.807) is 16.9 Å². The fraction of sp³-hybridized carbons (Fsp3) is 0.125. The van der Waals surface area contributed by atoms with Gasteiger partial charge in [-0.2, -0.15) is 5.10 Å². The van der Waals surface area contributed by atoms with Crippen molar-refractivity contribution in [2.75, 3.05) is 5.32 Å². The third-order valence-electron chi connectivity index (χ3n) is 3.41. The number of hydrogen-bond donors (Lipinski definition) is 1. The standard InChI is InChI=1S/C16H14N4O4/c21-16(13-6-7-15(24-13)20(22)23)18-14-8-10-17-19(14)11-9-12-4-2-1-3-5-12/h1-8,10H,9,11H2,(H,18,21). The number of carbonyl (C=O) groups is 1. The zero-order chi connectivity index (χ0) is 16.9. The molecule has 24 heavy (non-hydrogen) atoms. The van der Waals surface area contributed by atoms with Crippen molar-refractivity contribution in [3.05, 3.63) is 76.2 Å². The summed E-state index contributed by atoms with van der Waals surface area (Å²) < 4.78 is 6.54. The summed E-state index contributed by atoms with van der Waals surface area (Å²) in [6, 6.07) is 14.0. The molecule has 0 aliphatic heterocycles. The van der Waals surface area contributed by atoms with Crippen LogP contribution in [0.1, 0.15) is 16.1 Å². The molecule has 0 radical (unpaired) electrons. The van der Waals surface area contributed by atoms with Crippen LogP contribution in [0.25, 0.3) is 0 Å². The molecule has 0 saturated carbocycles. The zero-order valence-corrected chi connectivity index (χ0v) is 12.6. The average Bonchev–Trinajstić information content (AvgIpc) is 3.23. The topological polar surface area (TPSA) is 103 Å². The normalized spacial score (nSPS) is 10.5. The van der Waals surface area contributed by atoms with E-state index in [1.165, 1.54) is 6.07 Å². The molecule has 1 N–H and O–H groups in total. The van der Waals surface area contributed by atoms with Gasteiger partial charge < -0.3 is 9.73 Å². The number of furan rings is 1. The molecule has 0 aliphatic rings. The van der Waals surface area contributed by atoms with Crippen LogP contribution in [0.5, 0.6) is 0 Å². The average molecular weight is 326 g/mol. The minimum Gasteiger partial charge on any atom is -0.395 e. The molecule has 0 unspecified atom stereocenters. The Bertz CT molecular complexity index is 854. The molecule has 1 amide bonds. The lowest BCUT2D eigenvalue weighted by molar-refractivity contribution is -0.402. The van der Waals surface area contributed by atoms with Gasteiger partial charge in [0, 0.05) is 12.6 Å². The summed E-state index contributed by atoms with van der Waals surface area (Å²) in [5.74, 6) is -0.671. The van der Waals surface area contributed by atoms with Crippen molar-refractivity contribution in [2.24, 2.45) is 0 Å². The Labute approximate surface area is 136 Å². The third-order valence-corrected chi connectivity index (χ3v) is 3.41. The summed E-state index contributed by atoms with van der Waals surface area (Å²) in [4.78, 5) is 22.0. The SMILES string of the molecule is O=C(Nc1ccnn1CCc1ccccc1)c1ccc([N+](=O)[O-])o1. The van der Waals surface area contributed by atoms with E-state index in [1.807, 2.05) is 30.3 Å². The molecule has 3 aromatic rings. The number of hydrogen-bond acceptors (Lipinski definition) is 5. The Morgan fingerprint density at radius 1 is 1.21 bits per heavy atom. The van der Waals surface area contributed by atoms with E-state index in [9.17, 15) is 14.9 Å². The van der Waals surface area contributed by atoms with Gasteiger partial charge in [0.25, 0.3) is 5.91 Å². The molecule has 8 heteroatoms. The van der Waals surface area contributed by atoms with Crippen LogP contribution in [0.2, 0.25) is 0 Å². The van der Waals surface area contributed by atoms with E-state index in [-0.39, 0.29) is 5.76 Å². The van der Waals surface area contributed by atoms with Crippen LogP contribution in [-0.2, 0) is 13.0 Å². The van der Waals surface area contributed by atoms with Crippen molar-refractivity contribution in [1.29, 1.82) is 0 Å². The first-order chi connectivity index (χ1) is 11.6. The van der Waals surface area contributed by atoms with Gasteiger partial charge in [-0.1, -0.05) is 30.3 Å². The molecule has 0 atom stereocenters. The number of aryl methyl sites for hydroxylation is 2. The van der Waals surface area contributed by atoms with Crippen molar-refractivity contribution in [3.63, 3.8) is 0 Å². The van der Waals surface area contributed by atoms with Crippen molar-refractivity contribution in [1.82, 2.24) is 9.78 Å². The van der Waals surface area contributed by atoms with Crippen LogP contribution >= 0.6 is 0 Å². The second-order valence-corrected chi connectivity index (χ2v) is 5.02. The first-order valence-electron chi connectivity index (χ1n) is 7.25. The number of nitrogens with one attached hydrogen (secondary N) is 1.